The Morgan fingerprint density at radius 1 is 1.55 bits per heavy atom. The van der Waals surface area contributed by atoms with Gasteiger partial charge in [-0.05, 0) is 18.6 Å². The monoisotopic (exact) mass is 295 g/mol. The maximum Gasteiger partial charge on any atom is 0.222 e. The highest BCUT2D eigenvalue weighted by Gasteiger charge is 2.28. The normalized spacial score (nSPS) is 18.8. The van der Waals surface area contributed by atoms with Gasteiger partial charge in [0.15, 0.2) is 0 Å². The molecule has 1 fully saturated rings. The molecule has 0 radical (unpaired) electrons. The number of primary amides is 1. The van der Waals surface area contributed by atoms with E-state index in [1.54, 1.807) is 0 Å². The number of anilines is 1. The van der Waals surface area contributed by atoms with Crippen molar-refractivity contribution in [3.63, 3.8) is 0 Å². The predicted molar refractivity (Wildman–Crippen MR) is 82.9 cm³/mol. The summed E-state index contributed by atoms with van der Waals surface area (Å²) < 4.78 is 0. The summed E-state index contributed by atoms with van der Waals surface area (Å²) in [5.41, 5.74) is 7.60. The van der Waals surface area contributed by atoms with Crippen molar-refractivity contribution >= 4 is 23.2 Å². The summed E-state index contributed by atoms with van der Waals surface area (Å²) in [5.74, 6) is -0.267. The third-order valence-electron chi connectivity index (χ3n) is 3.71. The van der Waals surface area contributed by atoms with Gasteiger partial charge in [-0.15, -0.1) is 0 Å². The molecule has 1 aromatic carbocycles. The van der Waals surface area contributed by atoms with Crippen LogP contribution in [0.25, 0.3) is 0 Å². The van der Waals surface area contributed by atoms with E-state index in [9.17, 15) is 4.79 Å². The summed E-state index contributed by atoms with van der Waals surface area (Å²) >= 11 is 6.33. The fourth-order valence-corrected chi connectivity index (χ4v) is 2.77. The molecule has 1 amide bonds. The molecule has 5 heteroatoms. The SMILES string of the molecule is CC(C)NCc1c(Cl)cccc1N1CCC(C(N)=O)C1. The highest BCUT2D eigenvalue weighted by molar-refractivity contribution is 6.31. The molecule has 1 unspecified atom stereocenters. The smallest absolute Gasteiger partial charge is 0.222 e. The van der Waals surface area contributed by atoms with E-state index in [1.165, 1.54) is 0 Å². The van der Waals surface area contributed by atoms with E-state index in [-0.39, 0.29) is 11.8 Å². The number of halogens is 1. The number of hydrogen-bond acceptors (Lipinski definition) is 3. The fourth-order valence-electron chi connectivity index (χ4n) is 2.54. The van der Waals surface area contributed by atoms with Crippen molar-refractivity contribution < 1.29 is 4.79 Å². The van der Waals surface area contributed by atoms with Crippen LogP contribution >= 0.6 is 11.6 Å². The number of nitrogens with two attached hydrogens (primary N) is 1. The van der Waals surface area contributed by atoms with Crippen molar-refractivity contribution in [1.82, 2.24) is 5.32 Å². The first kappa shape index (κ1) is 15.1. The zero-order valence-corrected chi connectivity index (χ0v) is 12.8. The van der Waals surface area contributed by atoms with E-state index in [0.29, 0.717) is 12.6 Å². The Bertz CT molecular complexity index is 490. The lowest BCUT2D eigenvalue weighted by molar-refractivity contribution is -0.121. The molecule has 4 nitrogen and oxygen atoms in total. The first-order chi connectivity index (χ1) is 9.49. The average molecular weight is 296 g/mol. The van der Waals surface area contributed by atoms with Gasteiger partial charge >= 0.3 is 0 Å². The zero-order valence-electron chi connectivity index (χ0n) is 12.0. The third-order valence-corrected chi connectivity index (χ3v) is 4.07. The zero-order chi connectivity index (χ0) is 14.7. The Morgan fingerprint density at radius 2 is 2.30 bits per heavy atom. The number of nitrogens with one attached hydrogen (secondary N) is 1. The molecule has 0 spiro atoms. The summed E-state index contributed by atoms with van der Waals surface area (Å²) in [5, 5.41) is 4.16. The van der Waals surface area contributed by atoms with E-state index >= 15 is 0 Å². The van der Waals surface area contributed by atoms with Crippen LogP contribution in [0.15, 0.2) is 18.2 Å². The Labute approximate surface area is 125 Å². The molecule has 1 aliphatic rings. The summed E-state index contributed by atoms with van der Waals surface area (Å²) in [6.07, 6.45) is 0.818. The van der Waals surface area contributed by atoms with Crippen LogP contribution in [0.5, 0.6) is 0 Å². The largest absolute Gasteiger partial charge is 0.370 e. The summed E-state index contributed by atoms with van der Waals surface area (Å²) in [6.45, 7) is 6.47. The molecular weight excluding hydrogens is 274 g/mol. The fraction of sp³-hybridized carbons (Fsp3) is 0.533. The first-order valence-corrected chi connectivity index (χ1v) is 7.42. The summed E-state index contributed by atoms with van der Waals surface area (Å²) in [7, 11) is 0. The second-order valence-electron chi connectivity index (χ2n) is 5.61. The Morgan fingerprint density at radius 3 is 2.90 bits per heavy atom. The van der Waals surface area contributed by atoms with Gasteiger partial charge in [0.2, 0.25) is 5.91 Å². The van der Waals surface area contributed by atoms with Gasteiger partial charge in [0.05, 0.1) is 5.92 Å². The molecule has 20 heavy (non-hydrogen) atoms. The van der Waals surface area contributed by atoms with Gasteiger partial charge < -0.3 is 16.0 Å². The van der Waals surface area contributed by atoms with Crippen LogP contribution in [0.2, 0.25) is 5.02 Å². The Kier molecular flexibility index (Phi) is 4.89. The molecule has 0 aromatic heterocycles. The van der Waals surface area contributed by atoms with Crippen molar-refractivity contribution in [2.75, 3.05) is 18.0 Å². The molecule has 1 saturated heterocycles. The second-order valence-corrected chi connectivity index (χ2v) is 6.01. The molecule has 1 heterocycles. The van der Waals surface area contributed by atoms with Gasteiger partial charge in [-0.25, -0.2) is 0 Å². The van der Waals surface area contributed by atoms with Crippen molar-refractivity contribution in [2.45, 2.75) is 32.9 Å². The Hall–Kier alpha value is -1.26. The Balaban J connectivity index is 2.19. The molecule has 1 atom stereocenters. The number of nitrogens with zero attached hydrogens (tertiary/aromatic N) is 1. The molecule has 1 aliphatic heterocycles. The van der Waals surface area contributed by atoms with E-state index in [2.05, 4.69) is 30.1 Å². The van der Waals surface area contributed by atoms with E-state index < -0.39 is 0 Å². The maximum atomic E-state index is 11.3. The van der Waals surface area contributed by atoms with E-state index in [1.807, 2.05) is 12.1 Å². The molecule has 1 aromatic rings. The minimum Gasteiger partial charge on any atom is -0.370 e. The van der Waals surface area contributed by atoms with Crippen LogP contribution in [-0.2, 0) is 11.3 Å². The quantitative estimate of drug-likeness (QED) is 0.875. The van der Waals surface area contributed by atoms with E-state index in [4.69, 9.17) is 17.3 Å². The van der Waals surface area contributed by atoms with Gasteiger partial charge in [0.1, 0.15) is 0 Å². The van der Waals surface area contributed by atoms with Gasteiger partial charge in [0, 0.05) is 41.9 Å². The lowest BCUT2D eigenvalue weighted by Gasteiger charge is -2.23. The van der Waals surface area contributed by atoms with Gasteiger partial charge in [0.25, 0.3) is 0 Å². The van der Waals surface area contributed by atoms with Crippen molar-refractivity contribution in [3.05, 3.63) is 28.8 Å². The van der Waals surface area contributed by atoms with Crippen molar-refractivity contribution in [3.8, 4) is 0 Å². The topological polar surface area (TPSA) is 58.4 Å². The molecular formula is C15H22ClN3O. The van der Waals surface area contributed by atoms with Crippen LogP contribution in [0.3, 0.4) is 0 Å². The summed E-state index contributed by atoms with van der Waals surface area (Å²) in [6, 6.07) is 6.32. The van der Waals surface area contributed by atoms with Crippen LogP contribution in [0, 0.1) is 5.92 Å². The molecule has 0 saturated carbocycles. The number of benzene rings is 1. The lowest BCUT2D eigenvalue weighted by Crippen LogP contribution is -2.29. The number of rotatable bonds is 5. The standard InChI is InChI=1S/C15H22ClN3O/c1-10(2)18-8-12-13(16)4-3-5-14(12)19-7-6-11(9-19)15(17)20/h3-5,10-11,18H,6-9H2,1-2H3,(H2,17,20). The first-order valence-electron chi connectivity index (χ1n) is 7.04. The maximum absolute atomic E-state index is 11.3. The van der Waals surface area contributed by atoms with Gasteiger partial charge in [-0.2, -0.15) is 0 Å². The predicted octanol–water partition coefficient (Wildman–Crippen LogP) is 2.15. The molecule has 0 bridgehead atoms. The number of amides is 1. The molecule has 3 N–H and O–H groups in total. The van der Waals surface area contributed by atoms with Gasteiger partial charge in [-0.3, -0.25) is 4.79 Å². The number of carbonyl (C=O) groups is 1. The van der Waals surface area contributed by atoms with Crippen molar-refractivity contribution in [1.29, 1.82) is 0 Å². The molecule has 2 rings (SSSR count). The highest BCUT2D eigenvalue weighted by atomic mass is 35.5. The van der Waals surface area contributed by atoms with Crippen molar-refractivity contribution in [2.24, 2.45) is 11.7 Å². The van der Waals surface area contributed by atoms with Crippen LogP contribution in [-0.4, -0.2) is 25.0 Å². The summed E-state index contributed by atoms with van der Waals surface area (Å²) in [4.78, 5) is 13.5. The highest BCUT2D eigenvalue weighted by Crippen LogP contribution is 2.31. The number of carbonyl (C=O) groups excluding carboxylic acids is 1. The lowest BCUT2D eigenvalue weighted by atomic mass is 10.1. The molecule has 110 valence electrons. The molecule has 0 aliphatic carbocycles. The van der Waals surface area contributed by atoms with Crippen LogP contribution in [0.4, 0.5) is 5.69 Å². The van der Waals surface area contributed by atoms with Crippen LogP contribution in [0.1, 0.15) is 25.8 Å². The minimum absolute atomic E-state index is 0.0557. The van der Waals surface area contributed by atoms with E-state index in [0.717, 1.165) is 35.8 Å². The second kappa shape index (κ2) is 6.46. The average Bonchev–Trinajstić information content (AvgIpc) is 2.86. The third kappa shape index (κ3) is 3.44. The number of hydrogen-bond donors (Lipinski definition) is 2. The minimum atomic E-state index is -0.212. The van der Waals surface area contributed by atoms with Gasteiger partial charge in [-0.1, -0.05) is 31.5 Å². The van der Waals surface area contributed by atoms with Crippen LogP contribution < -0.4 is 16.0 Å².